The van der Waals surface area contributed by atoms with E-state index in [4.69, 9.17) is 23.2 Å². The third kappa shape index (κ3) is 4.56. The van der Waals surface area contributed by atoms with Crippen molar-refractivity contribution in [3.8, 4) is 11.1 Å². The quantitative estimate of drug-likeness (QED) is 0.416. The number of carbonyl (C=O) groups excluding carboxylic acids is 1. The van der Waals surface area contributed by atoms with E-state index in [0.29, 0.717) is 20.1 Å². The van der Waals surface area contributed by atoms with Gasteiger partial charge in [0.1, 0.15) is 0 Å². The van der Waals surface area contributed by atoms with Gasteiger partial charge in [-0.15, -0.1) is 0 Å². The zero-order valence-corrected chi connectivity index (χ0v) is 17.8. The molecule has 0 bridgehead atoms. The Morgan fingerprint density at radius 2 is 1.55 bits per heavy atom. The summed E-state index contributed by atoms with van der Waals surface area (Å²) in [6, 6.07) is 23.0. The topological polar surface area (TPSA) is 32.7 Å². The molecule has 3 nitrogen and oxygen atoms in total. The van der Waals surface area contributed by atoms with E-state index in [1.165, 1.54) is 11.8 Å². The number of likely N-dealkylation sites (N-methyl/N-ethyl adjacent to an activating group) is 1. The maximum atomic E-state index is 12.7. The van der Waals surface area contributed by atoms with Crippen molar-refractivity contribution >= 4 is 57.8 Å². The van der Waals surface area contributed by atoms with Crippen molar-refractivity contribution in [1.82, 2.24) is 4.90 Å². The molecule has 6 heteroatoms. The smallest absolute Gasteiger partial charge is 0.266 e. The maximum absolute atomic E-state index is 12.7. The Hall–Kier alpha value is -2.53. The zero-order valence-electron chi connectivity index (χ0n) is 15.5. The molecular weight excluding hydrogens is 423 g/mol. The SMILES string of the molecule is CN1C(=O)C(=Cc2cccc(-c3ccc(Cl)cc3)c2)SC1=Nc1ccc(Cl)cc1. The van der Waals surface area contributed by atoms with Crippen LogP contribution in [-0.4, -0.2) is 23.0 Å². The van der Waals surface area contributed by atoms with Gasteiger partial charge in [-0.05, 0) is 77.0 Å². The molecular formula is C23H16Cl2N2OS. The number of aliphatic imine (C=N–C) groups is 1. The highest BCUT2D eigenvalue weighted by molar-refractivity contribution is 8.18. The first-order valence-corrected chi connectivity index (χ1v) is 10.4. The summed E-state index contributed by atoms with van der Waals surface area (Å²) in [5.74, 6) is -0.0698. The van der Waals surface area contributed by atoms with Gasteiger partial charge in [0.05, 0.1) is 10.6 Å². The van der Waals surface area contributed by atoms with Gasteiger partial charge in [0, 0.05) is 17.1 Å². The normalized spacial score (nSPS) is 16.8. The number of carbonyl (C=O) groups is 1. The van der Waals surface area contributed by atoms with Crippen LogP contribution in [0.5, 0.6) is 0 Å². The minimum absolute atomic E-state index is 0.0698. The van der Waals surface area contributed by atoms with Crippen LogP contribution in [0.2, 0.25) is 10.0 Å². The second-order valence-corrected chi connectivity index (χ2v) is 8.36. The third-order valence-electron chi connectivity index (χ3n) is 4.42. The number of rotatable bonds is 3. The first kappa shape index (κ1) is 19.8. The Bertz CT molecular complexity index is 1120. The summed E-state index contributed by atoms with van der Waals surface area (Å²) in [5, 5.41) is 1.99. The van der Waals surface area contributed by atoms with Crippen molar-refractivity contribution < 1.29 is 4.79 Å². The number of thioether (sulfide) groups is 1. The molecule has 0 atom stereocenters. The molecule has 0 aromatic heterocycles. The monoisotopic (exact) mass is 438 g/mol. The van der Waals surface area contributed by atoms with E-state index in [0.717, 1.165) is 22.4 Å². The number of hydrogen-bond donors (Lipinski definition) is 0. The molecule has 0 unspecified atom stereocenters. The lowest BCUT2D eigenvalue weighted by molar-refractivity contribution is -0.121. The van der Waals surface area contributed by atoms with Crippen LogP contribution in [0.4, 0.5) is 5.69 Å². The Morgan fingerprint density at radius 3 is 2.24 bits per heavy atom. The average Bonchev–Trinajstić information content (AvgIpc) is 2.98. The molecule has 1 heterocycles. The lowest BCUT2D eigenvalue weighted by Crippen LogP contribution is -2.23. The van der Waals surface area contributed by atoms with Gasteiger partial charge >= 0.3 is 0 Å². The Kier molecular flexibility index (Phi) is 5.76. The fourth-order valence-corrected chi connectivity index (χ4v) is 4.12. The predicted molar refractivity (Wildman–Crippen MR) is 124 cm³/mol. The van der Waals surface area contributed by atoms with Crippen LogP contribution < -0.4 is 0 Å². The number of amidine groups is 1. The highest BCUT2D eigenvalue weighted by Crippen LogP contribution is 2.34. The van der Waals surface area contributed by atoms with E-state index in [1.807, 2.05) is 60.7 Å². The molecule has 1 fully saturated rings. The molecule has 1 aliphatic rings. The van der Waals surface area contributed by atoms with Crippen LogP contribution >= 0.6 is 35.0 Å². The minimum atomic E-state index is -0.0698. The van der Waals surface area contributed by atoms with E-state index < -0.39 is 0 Å². The van der Waals surface area contributed by atoms with Crippen LogP contribution in [0.25, 0.3) is 17.2 Å². The predicted octanol–water partition coefficient (Wildman–Crippen LogP) is 6.89. The summed E-state index contributed by atoms with van der Waals surface area (Å²) in [6.45, 7) is 0. The van der Waals surface area contributed by atoms with Crippen molar-refractivity contribution in [3.05, 3.63) is 93.3 Å². The zero-order chi connectivity index (χ0) is 20.4. The second-order valence-electron chi connectivity index (χ2n) is 6.48. The Labute approximate surface area is 183 Å². The second kappa shape index (κ2) is 8.46. The summed E-state index contributed by atoms with van der Waals surface area (Å²) in [4.78, 5) is 19.4. The lowest BCUT2D eigenvalue weighted by Gasteiger charge is -2.07. The molecule has 0 spiro atoms. The summed E-state index contributed by atoms with van der Waals surface area (Å²) < 4.78 is 0. The van der Waals surface area contributed by atoms with Crippen LogP contribution in [0.1, 0.15) is 5.56 Å². The molecule has 0 saturated carbocycles. The summed E-state index contributed by atoms with van der Waals surface area (Å²) in [6.07, 6.45) is 1.90. The highest BCUT2D eigenvalue weighted by atomic mass is 35.5. The molecule has 1 saturated heterocycles. The maximum Gasteiger partial charge on any atom is 0.266 e. The van der Waals surface area contributed by atoms with Crippen LogP contribution in [-0.2, 0) is 4.79 Å². The van der Waals surface area contributed by atoms with Crippen molar-refractivity contribution in [1.29, 1.82) is 0 Å². The number of halogens is 2. The first-order valence-electron chi connectivity index (χ1n) is 8.87. The molecule has 3 aromatic carbocycles. The van der Waals surface area contributed by atoms with Crippen LogP contribution in [0, 0.1) is 0 Å². The summed E-state index contributed by atoms with van der Waals surface area (Å²) >= 11 is 13.3. The first-order chi connectivity index (χ1) is 14.0. The van der Waals surface area contributed by atoms with Gasteiger partial charge in [0.2, 0.25) is 0 Å². The van der Waals surface area contributed by atoms with Gasteiger partial charge in [0.15, 0.2) is 5.17 Å². The van der Waals surface area contributed by atoms with Crippen LogP contribution in [0.15, 0.2) is 82.7 Å². The summed E-state index contributed by atoms with van der Waals surface area (Å²) in [5.41, 5.74) is 3.84. The fraction of sp³-hybridized carbons (Fsp3) is 0.0435. The average molecular weight is 439 g/mol. The standard InChI is InChI=1S/C23H16Cl2N2OS/c1-27-22(28)21(29-23(27)26-20-11-9-19(25)10-12-20)14-15-3-2-4-17(13-15)16-5-7-18(24)8-6-16/h2-14H,1H3. The third-order valence-corrected chi connectivity index (χ3v) is 5.98. The summed E-state index contributed by atoms with van der Waals surface area (Å²) in [7, 11) is 1.73. The highest BCUT2D eigenvalue weighted by Gasteiger charge is 2.30. The van der Waals surface area contributed by atoms with Crippen molar-refractivity contribution in [2.24, 2.45) is 4.99 Å². The molecule has 4 rings (SSSR count). The van der Waals surface area contributed by atoms with Gasteiger partial charge in [-0.2, -0.15) is 0 Å². The van der Waals surface area contributed by atoms with Crippen molar-refractivity contribution in [2.45, 2.75) is 0 Å². The fourth-order valence-electron chi connectivity index (χ4n) is 2.88. The van der Waals surface area contributed by atoms with Gasteiger partial charge in [0.25, 0.3) is 5.91 Å². The van der Waals surface area contributed by atoms with E-state index in [1.54, 1.807) is 24.1 Å². The molecule has 0 N–H and O–H groups in total. The van der Waals surface area contributed by atoms with Gasteiger partial charge in [-0.3, -0.25) is 9.69 Å². The molecule has 144 valence electrons. The van der Waals surface area contributed by atoms with Gasteiger partial charge in [-0.25, -0.2) is 4.99 Å². The number of nitrogens with zero attached hydrogens (tertiary/aromatic N) is 2. The number of benzene rings is 3. The van der Waals surface area contributed by atoms with E-state index in [-0.39, 0.29) is 5.91 Å². The van der Waals surface area contributed by atoms with E-state index in [2.05, 4.69) is 11.1 Å². The number of amides is 1. The molecule has 29 heavy (non-hydrogen) atoms. The minimum Gasteiger partial charge on any atom is -0.290 e. The lowest BCUT2D eigenvalue weighted by atomic mass is 10.0. The van der Waals surface area contributed by atoms with Crippen LogP contribution in [0.3, 0.4) is 0 Å². The molecule has 0 aliphatic carbocycles. The largest absolute Gasteiger partial charge is 0.290 e. The Balaban J connectivity index is 1.61. The Morgan fingerprint density at radius 1 is 0.897 bits per heavy atom. The molecule has 0 radical (unpaired) electrons. The number of hydrogen-bond acceptors (Lipinski definition) is 3. The van der Waals surface area contributed by atoms with E-state index >= 15 is 0 Å². The van der Waals surface area contributed by atoms with E-state index in [9.17, 15) is 4.79 Å². The molecule has 3 aromatic rings. The van der Waals surface area contributed by atoms with Crippen molar-refractivity contribution in [3.63, 3.8) is 0 Å². The van der Waals surface area contributed by atoms with Gasteiger partial charge in [-0.1, -0.05) is 53.5 Å². The van der Waals surface area contributed by atoms with Gasteiger partial charge < -0.3 is 0 Å². The molecule has 1 aliphatic heterocycles. The van der Waals surface area contributed by atoms with Crippen molar-refractivity contribution in [2.75, 3.05) is 7.05 Å². The molecule has 1 amide bonds.